The number of rotatable bonds is 6. The lowest BCUT2D eigenvalue weighted by atomic mass is 9.92. The number of hydrogen-bond acceptors (Lipinski definition) is 4. The Balaban J connectivity index is 1.59. The number of amides is 1. The van der Waals surface area contributed by atoms with Crippen LogP contribution < -0.4 is 16.0 Å². The second-order valence-corrected chi connectivity index (χ2v) is 5.87. The van der Waals surface area contributed by atoms with Gasteiger partial charge >= 0.3 is 0 Å². The smallest absolute Gasteiger partial charge is 0.223 e. The standard InChI is InChI=1S/C16H26N4O/c1-12-4-5-15(20-11-12)18-7-3-8-19-16(21)14-6-9-17-13(2)10-14/h4-5,11,13-14,17H,3,6-10H2,1-2H3,(H,18,20)(H,19,21)/t13-,14-/m0/s1. The highest BCUT2D eigenvalue weighted by Gasteiger charge is 2.23. The summed E-state index contributed by atoms with van der Waals surface area (Å²) >= 11 is 0. The van der Waals surface area contributed by atoms with Crippen LogP contribution in [-0.2, 0) is 4.79 Å². The number of anilines is 1. The molecule has 0 aliphatic carbocycles. The molecular weight excluding hydrogens is 264 g/mol. The van der Waals surface area contributed by atoms with Crippen molar-refractivity contribution >= 4 is 11.7 Å². The summed E-state index contributed by atoms with van der Waals surface area (Å²) in [5, 5.41) is 9.67. The third-order valence-electron chi connectivity index (χ3n) is 3.86. The van der Waals surface area contributed by atoms with Gasteiger partial charge < -0.3 is 16.0 Å². The average molecular weight is 290 g/mol. The van der Waals surface area contributed by atoms with Gasteiger partial charge in [0.2, 0.25) is 5.91 Å². The monoisotopic (exact) mass is 290 g/mol. The summed E-state index contributed by atoms with van der Waals surface area (Å²) in [6.07, 6.45) is 4.64. The Hall–Kier alpha value is -1.62. The lowest BCUT2D eigenvalue weighted by Crippen LogP contribution is -2.42. The molecule has 21 heavy (non-hydrogen) atoms. The minimum Gasteiger partial charge on any atom is -0.370 e. The number of hydrogen-bond donors (Lipinski definition) is 3. The Bertz CT molecular complexity index is 446. The zero-order valence-electron chi connectivity index (χ0n) is 13.0. The summed E-state index contributed by atoms with van der Waals surface area (Å²) in [6.45, 7) is 6.64. The van der Waals surface area contributed by atoms with Crippen LogP contribution >= 0.6 is 0 Å². The molecule has 1 aliphatic heterocycles. The van der Waals surface area contributed by atoms with E-state index < -0.39 is 0 Å². The topological polar surface area (TPSA) is 66.0 Å². The van der Waals surface area contributed by atoms with Crippen LogP contribution in [0.5, 0.6) is 0 Å². The summed E-state index contributed by atoms with van der Waals surface area (Å²) in [7, 11) is 0. The summed E-state index contributed by atoms with van der Waals surface area (Å²) in [5.41, 5.74) is 1.16. The molecule has 1 aliphatic rings. The maximum Gasteiger partial charge on any atom is 0.223 e. The molecule has 0 aromatic carbocycles. The van der Waals surface area contributed by atoms with E-state index in [1.165, 1.54) is 0 Å². The molecule has 2 heterocycles. The molecule has 116 valence electrons. The van der Waals surface area contributed by atoms with Crippen molar-refractivity contribution in [1.29, 1.82) is 0 Å². The van der Waals surface area contributed by atoms with Gasteiger partial charge in [-0.1, -0.05) is 6.07 Å². The quantitative estimate of drug-likeness (QED) is 0.698. The summed E-state index contributed by atoms with van der Waals surface area (Å²) < 4.78 is 0. The Kier molecular flexibility index (Phi) is 5.99. The molecule has 0 radical (unpaired) electrons. The first kappa shape index (κ1) is 15.8. The maximum absolute atomic E-state index is 12.0. The van der Waals surface area contributed by atoms with E-state index in [-0.39, 0.29) is 11.8 Å². The lowest BCUT2D eigenvalue weighted by Gasteiger charge is -2.27. The van der Waals surface area contributed by atoms with E-state index in [9.17, 15) is 4.79 Å². The van der Waals surface area contributed by atoms with Gasteiger partial charge in [-0.3, -0.25) is 4.79 Å². The number of piperidine rings is 1. The molecule has 1 aromatic heterocycles. The molecule has 0 saturated carbocycles. The van der Waals surface area contributed by atoms with Crippen molar-refractivity contribution in [2.24, 2.45) is 5.92 Å². The Morgan fingerprint density at radius 1 is 1.43 bits per heavy atom. The molecule has 2 rings (SSSR count). The molecule has 0 bridgehead atoms. The number of pyridine rings is 1. The van der Waals surface area contributed by atoms with Gasteiger partial charge in [-0.25, -0.2) is 4.98 Å². The second kappa shape index (κ2) is 7.98. The largest absolute Gasteiger partial charge is 0.370 e. The van der Waals surface area contributed by atoms with Gasteiger partial charge in [-0.05, 0) is 51.3 Å². The first-order valence-electron chi connectivity index (χ1n) is 7.83. The molecule has 0 spiro atoms. The van der Waals surface area contributed by atoms with Crippen LogP contribution in [0, 0.1) is 12.8 Å². The zero-order valence-corrected chi connectivity index (χ0v) is 13.0. The molecule has 0 unspecified atom stereocenters. The van der Waals surface area contributed by atoms with E-state index in [1.54, 1.807) is 0 Å². The predicted octanol–water partition coefficient (Wildman–Crippen LogP) is 1.70. The van der Waals surface area contributed by atoms with Gasteiger partial charge in [0.1, 0.15) is 5.82 Å². The highest BCUT2D eigenvalue weighted by molar-refractivity contribution is 5.78. The van der Waals surface area contributed by atoms with Crippen molar-refractivity contribution in [3.8, 4) is 0 Å². The van der Waals surface area contributed by atoms with Gasteiger partial charge in [0.05, 0.1) is 0 Å². The van der Waals surface area contributed by atoms with E-state index in [2.05, 4.69) is 27.9 Å². The second-order valence-electron chi connectivity index (χ2n) is 5.87. The number of carbonyl (C=O) groups excluding carboxylic acids is 1. The Morgan fingerprint density at radius 3 is 3.00 bits per heavy atom. The maximum atomic E-state index is 12.0. The fourth-order valence-electron chi connectivity index (χ4n) is 2.60. The highest BCUT2D eigenvalue weighted by Crippen LogP contribution is 2.15. The summed E-state index contributed by atoms with van der Waals surface area (Å²) in [5.74, 6) is 1.27. The summed E-state index contributed by atoms with van der Waals surface area (Å²) in [6, 6.07) is 4.46. The van der Waals surface area contributed by atoms with E-state index >= 15 is 0 Å². The van der Waals surface area contributed by atoms with Crippen LogP contribution in [0.4, 0.5) is 5.82 Å². The van der Waals surface area contributed by atoms with Crippen LogP contribution in [0.2, 0.25) is 0 Å². The SMILES string of the molecule is Cc1ccc(NCCCNC(=O)[C@H]2CCN[C@@H](C)C2)nc1. The molecular formula is C16H26N4O. The Morgan fingerprint density at radius 2 is 2.29 bits per heavy atom. The third kappa shape index (κ3) is 5.34. The van der Waals surface area contributed by atoms with E-state index in [1.807, 2.05) is 25.3 Å². The fourth-order valence-corrected chi connectivity index (χ4v) is 2.60. The first-order chi connectivity index (χ1) is 10.1. The van der Waals surface area contributed by atoms with Gasteiger partial charge in [0.25, 0.3) is 0 Å². The summed E-state index contributed by atoms with van der Waals surface area (Å²) in [4.78, 5) is 16.3. The van der Waals surface area contributed by atoms with Gasteiger partial charge in [-0.2, -0.15) is 0 Å². The number of carbonyl (C=O) groups is 1. The van der Waals surface area contributed by atoms with E-state index in [0.717, 1.165) is 50.3 Å². The van der Waals surface area contributed by atoms with Crippen molar-refractivity contribution in [3.05, 3.63) is 23.9 Å². The minimum absolute atomic E-state index is 0.174. The average Bonchev–Trinajstić information content (AvgIpc) is 2.48. The molecule has 1 aromatic rings. The predicted molar refractivity (Wildman–Crippen MR) is 85.3 cm³/mol. The number of nitrogens with zero attached hydrogens (tertiary/aromatic N) is 1. The number of aromatic nitrogens is 1. The third-order valence-corrected chi connectivity index (χ3v) is 3.86. The molecule has 1 saturated heterocycles. The van der Waals surface area contributed by atoms with Gasteiger partial charge in [-0.15, -0.1) is 0 Å². The lowest BCUT2D eigenvalue weighted by molar-refractivity contribution is -0.126. The number of nitrogens with one attached hydrogen (secondary N) is 3. The molecule has 1 amide bonds. The normalized spacial score (nSPS) is 21.8. The Labute approximate surface area is 126 Å². The van der Waals surface area contributed by atoms with Crippen LogP contribution in [0.1, 0.15) is 31.7 Å². The molecule has 2 atom stereocenters. The highest BCUT2D eigenvalue weighted by atomic mass is 16.1. The number of aryl methyl sites for hydroxylation is 1. The minimum atomic E-state index is 0.174. The van der Waals surface area contributed by atoms with E-state index in [0.29, 0.717) is 6.04 Å². The fraction of sp³-hybridized carbons (Fsp3) is 0.625. The van der Waals surface area contributed by atoms with Gasteiger partial charge in [0.15, 0.2) is 0 Å². The molecule has 5 nitrogen and oxygen atoms in total. The van der Waals surface area contributed by atoms with Crippen molar-refractivity contribution in [2.45, 2.75) is 39.2 Å². The van der Waals surface area contributed by atoms with Crippen LogP contribution in [0.3, 0.4) is 0 Å². The van der Waals surface area contributed by atoms with Crippen molar-refractivity contribution in [1.82, 2.24) is 15.6 Å². The molecule has 5 heteroatoms. The van der Waals surface area contributed by atoms with Crippen molar-refractivity contribution in [3.63, 3.8) is 0 Å². The van der Waals surface area contributed by atoms with Crippen LogP contribution in [0.25, 0.3) is 0 Å². The van der Waals surface area contributed by atoms with Crippen molar-refractivity contribution < 1.29 is 4.79 Å². The van der Waals surface area contributed by atoms with Crippen LogP contribution in [0.15, 0.2) is 18.3 Å². The van der Waals surface area contributed by atoms with Gasteiger partial charge in [0, 0.05) is 31.2 Å². The molecule has 3 N–H and O–H groups in total. The van der Waals surface area contributed by atoms with Crippen LogP contribution in [-0.4, -0.2) is 36.6 Å². The van der Waals surface area contributed by atoms with Crippen molar-refractivity contribution in [2.75, 3.05) is 25.0 Å². The first-order valence-corrected chi connectivity index (χ1v) is 7.83. The van der Waals surface area contributed by atoms with E-state index in [4.69, 9.17) is 0 Å². The molecule has 1 fully saturated rings. The zero-order chi connectivity index (χ0) is 15.1.